The molecule has 0 bridgehead atoms. The van der Waals surface area contributed by atoms with Crippen LogP contribution in [0.2, 0.25) is 0 Å². The Morgan fingerprint density at radius 3 is 1.38 bits per heavy atom. The van der Waals surface area contributed by atoms with E-state index in [0.29, 0.717) is 7.18 Å². The van der Waals surface area contributed by atoms with Crippen molar-refractivity contribution in [3.05, 3.63) is 0 Å². The molecule has 0 aliphatic rings. The van der Waals surface area contributed by atoms with Gasteiger partial charge in [0, 0.05) is 0 Å². The van der Waals surface area contributed by atoms with E-state index in [2.05, 4.69) is 11.7 Å². The molecule has 0 heterocycles. The van der Waals surface area contributed by atoms with Crippen molar-refractivity contribution in [2.45, 2.75) is 52.1 Å². The fourth-order valence-electron chi connectivity index (χ4n) is 0.671. The Morgan fingerprint density at radius 2 is 1.21 bits per heavy atom. The minimum Gasteiger partial charge on any atom is -0.309 e. The van der Waals surface area contributed by atoms with Gasteiger partial charge in [-0.2, -0.15) is 13.2 Å². The summed E-state index contributed by atoms with van der Waals surface area (Å²) in [7, 11) is 0.500. The molecule has 0 saturated heterocycles. The van der Waals surface area contributed by atoms with Crippen LogP contribution in [0.3, 0.4) is 0 Å². The topological polar surface area (TPSA) is 9.23 Å². The zero-order valence-corrected chi connectivity index (χ0v) is 13.9. The van der Waals surface area contributed by atoms with E-state index in [9.17, 15) is 43.9 Å². The van der Waals surface area contributed by atoms with Crippen LogP contribution in [0, 0.1) is 0 Å². The Kier molecular flexibility index (Phi) is 48.6. The van der Waals surface area contributed by atoms with Crippen LogP contribution in [0.4, 0.5) is 43.9 Å². The van der Waals surface area contributed by atoms with Crippen LogP contribution in [-0.4, -0.2) is 46.8 Å². The maximum Gasteiger partial charge on any atom is 0.445 e. The summed E-state index contributed by atoms with van der Waals surface area (Å²) in [5.41, 5.74) is 0. The zero-order chi connectivity index (χ0) is 20.4. The van der Waals surface area contributed by atoms with Gasteiger partial charge in [0.15, 0.2) is 6.86 Å². The fraction of sp³-hybridized carbons (Fsp3) is 1.00. The van der Waals surface area contributed by atoms with Gasteiger partial charge in [-0.25, -0.2) is 17.6 Å². The molecule has 0 aromatic carbocycles. The van der Waals surface area contributed by atoms with Gasteiger partial charge in [0.2, 0.25) is 6.93 Å². The van der Waals surface area contributed by atoms with Crippen molar-refractivity contribution in [2.24, 2.45) is 0 Å². The lowest BCUT2D eigenvalue weighted by Crippen LogP contribution is -2.26. The SMILES string of the molecule is CCCCCCF.CCF.CF.FCF.FCOC(F)C(F)(F)F. The highest BCUT2D eigenvalue weighted by molar-refractivity contribution is 4.51. The normalized spacial score (nSPS) is 10.4. The minimum absolute atomic E-state index is 0.139. The summed E-state index contributed by atoms with van der Waals surface area (Å²) in [5, 5.41) is 0. The minimum atomic E-state index is -5.12. The second kappa shape index (κ2) is 33.8. The van der Waals surface area contributed by atoms with Crippen LogP contribution < -0.4 is 0 Å². The molecular weight excluding hydrogens is 362 g/mol. The Hall–Kier alpha value is -0.740. The lowest BCUT2D eigenvalue weighted by atomic mass is 10.2. The number of halogens is 10. The quantitative estimate of drug-likeness (QED) is 0.360. The highest BCUT2D eigenvalue weighted by atomic mass is 19.4. The maximum absolute atomic E-state index is 11.3. The molecule has 1 atom stereocenters. The van der Waals surface area contributed by atoms with Gasteiger partial charge in [-0.05, 0) is 13.3 Å². The van der Waals surface area contributed by atoms with Crippen molar-refractivity contribution < 1.29 is 48.6 Å². The van der Waals surface area contributed by atoms with Crippen molar-refractivity contribution >= 4 is 0 Å². The molecule has 24 heavy (non-hydrogen) atoms. The van der Waals surface area contributed by atoms with Crippen molar-refractivity contribution in [3.8, 4) is 0 Å². The standard InChI is InChI=1S/C6H13F.C3H3F5O.C2H5F.CH2F2.CH3F/c1-2-3-4-5-6-7;4-1-9-2(5)3(6,7)8;1-2-3;2-1-3;1-2/h2-6H2,1H3;2H,1H2;2H2,1H3;1H2;1H3. The van der Waals surface area contributed by atoms with Gasteiger partial charge in [0.05, 0.1) is 20.5 Å². The molecule has 0 rings (SSSR count). The summed E-state index contributed by atoms with van der Waals surface area (Å²) in [6, 6.07) is 0. The van der Waals surface area contributed by atoms with Crippen LogP contribution >= 0.6 is 0 Å². The van der Waals surface area contributed by atoms with Crippen molar-refractivity contribution in [1.29, 1.82) is 0 Å². The molecule has 11 heteroatoms. The molecule has 0 aromatic rings. The van der Waals surface area contributed by atoms with Crippen LogP contribution in [0.1, 0.15) is 39.5 Å². The van der Waals surface area contributed by atoms with E-state index in [1.165, 1.54) is 19.8 Å². The monoisotopic (exact) mass is 388 g/mol. The first-order valence-corrected chi connectivity index (χ1v) is 6.73. The Balaban J connectivity index is -0.0000000711. The Labute approximate surface area is 136 Å². The molecule has 1 nitrogen and oxygen atoms in total. The van der Waals surface area contributed by atoms with Gasteiger partial charge < -0.3 is 4.74 Å². The molecule has 0 amide bonds. The van der Waals surface area contributed by atoms with E-state index in [-0.39, 0.29) is 13.3 Å². The summed E-state index contributed by atoms with van der Waals surface area (Å²) >= 11 is 0. The first-order valence-electron chi connectivity index (χ1n) is 6.73. The molecule has 0 aromatic heterocycles. The summed E-state index contributed by atoms with van der Waals surface area (Å²) in [6.07, 6.45) is -4.43. The second-order valence-electron chi connectivity index (χ2n) is 3.25. The van der Waals surface area contributed by atoms with E-state index < -0.39 is 26.3 Å². The van der Waals surface area contributed by atoms with Crippen LogP contribution in [0.5, 0.6) is 0 Å². The van der Waals surface area contributed by atoms with E-state index in [1.807, 2.05) is 0 Å². The molecule has 0 aliphatic carbocycles. The van der Waals surface area contributed by atoms with E-state index in [1.54, 1.807) is 0 Å². The van der Waals surface area contributed by atoms with Crippen molar-refractivity contribution in [1.82, 2.24) is 0 Å². The fourth-order valence-corrected chi connectivity index (χ4v) is 0.671. The number of unbranched alkanes of at least 4 members (excludes halogenated alkanes) is 3. The Morgan fingerprint density at radius 1 is 0.833 bits per heavy atom. The van der Waals surface area contributed by atoms with E-state index in [4.69, 9.17) is 0 Å². The molecule has 0 radical (unpaired) electrons. The zero-order valence-electron chi connectivity index (χ0n) is 13.9. The van der Waals surface area contributed by atoms with Gasteiger partial charge in [-0.1, -0.05) is 26.2 Å². The summed E-state index contributed by atoms with van der Waals surface area (Å²) < 4.78 is 108. The third-order valence-electron chi connectivity index (χ3n) is 1.45. The summed E-state index contributed by atoms with van der Waals surface area (Å²) in [5.74, 6) is 0. The van der Waals surface area contributed by atoms with Gasteiger partial charge in [0.25, 0.3) is 6.36 Å². The molecule has 0 fully saturated rings. The summed E-state index contributed by atoms with van der Waals surface area (Å²) in [4.78, 5) is 0. The largest absolute Gasteiger partial charge is 0.445 e. The van der Waals surface area contributed by atoms with Crippen LogP contribution in [0.25, 0.3) is 0 Å². The lowest BCUT2D eigenvalue weighted by molar-refractivity contribution is -0.273. The van der Waals surface area contributed by atoms with E-state index in [0.717, 1.165) is 12.8 Å². The molecule has 0 aliphatic heterocycles. The highest BCUT2D eigenvalue weighted by Crippen LogP contribution is 2.23. The molecule has 0 spiro atoms. The first-order chi connectivity index (χ1) is 11.2. The third kappa shape index (κ3) is 58.1. The molecule has 0 N–H and O–H groups in total. The average Bonchev–Trinajstić information content (AvgIpc) is 2.51. The molecule has 1 unspecified atom stereocenters. The lowest BCUT2D eigenvalue weighted by Gasteiger charge is -2.09. The predicted molar refractivity (Wildman–Crippen MR) is 73.9 cm³/mol. The van der Waals surface area contributed by atoms with Crippen LogP contribution in [-0.2, 0) is 4.74 Å². The third-order valence-corrected chi connectivity index (χ3v) is 1.45. The average molecular weight is 388 g/mol. The maximum atomic E-state index is 11.3. The van der Waals surface area contributed by atoms with E-state index >= 15 is 0 Å². The summed E-state index contributed by atoms with van der Waals surface area (Å²) in [6.45, 7) is -0.334. The van der Waals surface area contributed by atoms with Gasteiger partial charge in [-0.3, -0.25) is 13.2 Å². The molecule has 154 valence electrons. The molecular formula is C13H26F10O. The van der Waals surface area contributed by atoms with Gasteiger partial charge in [0.1, 0.15) is 0 Å². The van der Waals surface area contributed by atoms with Gasteiger partial charge >= 0.3 is 6.18 Å². The number of hydrogen-bond donors (Lipinski definition) is 0. The van der Waals surface area contributed by atoms with Gasteiger partial charge in [-0.15, -0.1) is 0 Å². The smallest absolute Gasteiger partial charge is 0.309 e. The van der Waals surface area contributed by atoms with Crippen molar-refractivity contribution in [2.75, 3.05) is 34.3 Å². The number of alkyl halides is 10. The Bertz CT molecular complexity index is 163. The van der Waals surface area contributed by atoms with Crippen molar-refractivity contribution in [3.63, 3.8) is 0 Å². The highest BCUT2D eigenvalue weighted by Gasteiger charge is 2.41. The first kappa shape index (κ1) is 34.6. The number of hydrogen-bond acceptors (Lipinski definition) is 1. The van der Waals surface area contributed by atoms with Crippen LogP contribution in [0.15, 0.2) is 0 Å². The second-order valence-corrected chi connectivity index (χ2v) is 3.25. The molecule has 0 saturated carbocycles. The number of rotatable bonds is 6. The predicted octanol–water partition coefficient (Wildman–Crippen LogP) is 6.77. The number of ether oxygens (including phenoxy) is 1.